The number of carbonyl (C=O) groups is 2. The summed E-state index contributed by atoms with van der Waals surface area (Å²) >= 11 is 6.10. The van der Waals surface area contributed by atoms with Crippen molar-refractivity contribution in [1.29, 1.82) is 0 Å². The number of aryl methyl sites for hydroxylation is 1. The van der Waals surface area contributed by atoms with Crippen LogP contribution in [-0.4, -0.2) is 44.9 Å². The van der Waals surface area contributed by atoms with Gasteiger partial charge in [0.2, 0.25) is 5.91 Å². The van der Waals surface area contributed by atoms with Crippen molar-refractivity contribution in [2.75, 3.05) is 7.05 Å². The lowest BCUT2D eigenvalue weighted by Gasteiger charge is -2.26. The van der Waals surface area contributed by atoms with E-state index in [0.29, 0.717) is 10.7 Å². The number of hydrogen-bond acceptors (Lipinski definition) is 5. The highest BCUT2D eigenvalue weighted by Gasteiger charge is 2.46. The van der Waals surface area contributed by atoms with Gasteiger partial charge in [-0.2, -0.15) is 0 Å². The van der Waals surface area contributed by atoms with Gasteiger partial charge >= 0.3 is 5.97 Å². The highest BCUT2D eigenvalue weighted by atomic mass is 35.5. The van der Waals surface area contributed by atoms with Crippen LogP contribution < -0.4 is 5.32 Å². The molecule has 0 bridgehead atoms. The Bertz CT molecular complexity index is 843. The van der Waals surface area contributed by atoms with Crippen LogP contribution in [-0.2, 0) is 16.1 Å². The molecule has 2 aromatic rings. The molecule has 0 saturated carbocycles. The van der Waals surface area contributed by atoms with Crippen molar-refractivity contribution >= 4 is 23.5 Å². The van der Waals surface area contributed by atoms with Gasteiger partial charge in [-0.3, -0.25) is 24.5 Å². The van der Waals surface area contributed by atoms with E-state index in [4.69, 9.17) is 11.6 Å². The summed E-state index contributed by atoms with van der Waals surface area (Å²) < 4.78 is 0. The van der Waals surface area contributed by atoms with E-state index >= 15 is 0 Å². The van der Waals surface area contributed by atoms with Crippen molar-refractivity contribution in [2.45, 2.75) is 32.0 Å². The number of halogens is 1. The van der Waals surface area contributed by atoms with Crippen LogP contribution in [0.2, 0.25) is 5.02 Å². The quantitative estimate of drug-likeness (QED) is 0.815. The Kier molecular flexibility index (Phi) is 5.72. The first-order valence-electron chi connectivity index (χ1n) is 8.62. The Hall–Kier alpha value is -2.51. The summed E-state index contributed by atoms with van der Waals surface area (Å²) in [7, 11) is 1.73. The fourth-order valence-corrected chi connectivity index (χ4v) is 3.71. The standard InChI is InChI=1S/C19H21ClN4O3/c1-11-8-22-14(9-21-11)10-23-18(25)15-7-16(19(26)27)24(2)17(15)12-4-3-5-13(20)6-12/h3-6,8-9,15-17H,7,10H2,1-2H3,(H,23,25)(H,26,27)/t15-,16-,17-/m0/s1. The smallest absolute Gasteiger partial charge is 0.320 e. The minimum atomic E-state index is -0.941. The number of aliphatic carboxylic acids is 1. The zero-order chi connectivity index (χ0) is 19.6. The maximum absolute atomic E-state index is 12.9. The lowest BCUT2D eigenvalue weighted by molar-refractivity contribution is -0.142. The average Bonchev–Trinajstić information content (AvgIpc) is 2.98. The van der Waals surface area contributed by atoms with Crippen LogP contribution >= 0.6 is 11.6 Å². The molecular formula is C19H21ClN4O3. The number of aromatic nitrogens is 2. The molecule has 1 aliphatic rings. The third-order valence-electron chi connectivity index (χ3n) is 4.88. The third kappa shape index (κ3) is 4.26. The van der Waals surface area contributed by atoms with Gasteiger partial charge in [0.1, 0.15) is 6.04 Å². The largest absolute Gasteiger partial charge is 0.480 e. The van der Waals surface area contributed by atoms with Gasteiger partial charge in [-0.1, -0.05) is 23.7 Å². The molecule has 1 aliphatic heterocycles. The number of amides is 1. The SMILES string of the molecule is Cc1cnc(CNC(=O)[C@H]2C[C@@H](C(=O)O)N(C)[C@H]2c2cccc(Cl)c2)cn1. The summed E-state index contributed by atoms with van der Waals surface area (Å²) in [5.41, 5.74) is 2.27. The van der Waals surface area contributed by atoms with Crippen LogP contribution in [0.5, 0.6) is 0 Å². The lowest BCUT2D eigenvalue weighted by Crippen LogP contribution is -2.36. The molecule has 2 N–H and O–H groups in total. The molecule has 1 saturated heterocycles. The van der Waals surface area contributed by atoms with Crippen molar-refractivity contribution in [3.05, 3.63) is 58.6 Å². The van der Waals surface area contributed by atoms with Crippen LogP contribution in [0.3, 0.4) is 0 Å². The Balaban J connectivity index is 1.80. The highest BCUT2D eigenvalue weighted by Crippen LogP contribution is 2.40. The highest BCUT2D eigenvalue weighted by molar-refractivity contribution is 6.30. The first-order valence-corrected chi connectivity index (χ1v) is 9.00. The van der Waals surface area contributed by atoms with Crippen LogP contribution in [0.4, 0.5) is 0 Å². The van der Waals surface area contributed by atoms with E-state index in [1.165, 1.54) is 0 Å². The minimum Gasteiger partial charge on any atom is -0.480 e. The first kappa shape index (κ1) is 19.3. The molecule has 2 heterocycles. The molecule has 3 rings (SSSR count). The van der Waals surface area contributed by atoms with Gasteiger partial charge in [0.05, 0.1) is 30.0 Å². The van der Waals surface area contributed by atoms with E-state index in [1.807, 2.05) is 13.0 Å². The number of likely N-dealkylation sites (N-methyl/N-ethyl adjacent to an activating group) is 1. The zero-order valence-electron chi connectivity index (χ0n) is 15.1. The van der Waals surface area contributed by atoms with Crippen molar-refractivity contribution < 1.29 is 14.7 Å². The number of hydrogen-bond donors (Lipinski definition) is 2. The Labute approximate surface area is 162 Å². The lowest BCUT2D eigenvalue weighted by atomic mass is 9.92. The van der Waals surface area contributed by atoms with Gasteiger partial charge in [0.25, 0.3) is 0 Å². The van der Waals surface area contributed by atoms with Gasteiger partial charge in [0.15, 0.2) is 0 Å². The minimum absolute atomic E-state index is 0.210. The van der Waals surface area contributed by atoms with Crippen molar-refractivity contribution in [3.63, 3.8) is 0 Å². The van der Waals surface area contributed by atoms with Crippen molar-refractivity contribution in [2.24, 2.45) is 5.92 Å². The fourth-order valence-electron chi connectivity index (χ4n) is 3.52. The van der Waals surface area contributed by atoms with Gasteiger partial charge in [0, 0.05) is 17.3 Å². The van der Waals surface area contributed by atoms with Crippen LogP contribution in [0.25, 0.3) is 0 Å². The maximum Gasteiger partial charge on any atom is 0.320 e. The average molecular weight is 389 g/mol. The number of carboxylic acid groups (broad SMARTS) is 1. The van der Waals surface area contributed by atoms with E-state index in [-0.39, 0.29) is 24.9 Å². The molecule has 3 atom stereocenters. The first-order chi connectivity index (χ1) is 12.9. The molecule has 1 aromatic carbocycles. The summed E-state index contributed by atoms with van der Waals surface area (Å²) in [4.78, 5) is 34.6. The third-order valence-corrected chi connectivity index (χ3v) is 5.11. The number of benzene rings is 1. The number of carboxylic acids is 1. The van der Waals surface area contributed by atoms with Gasteiger partial charge < -0.3 is 10.4 Å². The van der Waals surface area contributed by atoms with Gasteiger partial charge in [-0.05, 0) is 38.1 Å². The number of nitrogens with one attached hydrogen (secondary N) is 1. The molecule has 142 valence electrons. The Morgan fingerprint density at radius 1 is 1.33 bits per heavy atom. The number of rotatable bonds is 5. The fraction of sp³-hybridized carbons (Fsp3) is 0.368. The number of likely N-dealkylation sites (tertiary alicyclic amines) is 1. The molecule has 1 fully saturated rings. The molecule has 8 heteroatoms. The number of carbonyl (C=O) groups excluding carboxylic acids is 1. The summed E-state index contributed by atoms with van der Waals surface area (Å²) in [5, 5.41) is 12.9. The van der Waals surface area contributed by atoms with Gasteiger partial charge in [-0.15, -0.1) is 0 Å². The normalized spacial score (nSPS) is 22.6. The molecular weight excluding hydrogens is 368 g/mol. The monoisotopic (exact) mass is 388 g/mol. The topological polar surface area (TPSA) is 95.4 Å². The molecule has 1 aromatic heterocycles. The number of nitrogens with zero attached hydrogens (tertiary/aromatic N) is 3. The maximum atomic E-state index is 12.9. The van der Waals surface area contributed by atoms with Crippen molar-refractivity contribution in [1.82, 2.24) is 20.2 Å². The molecule has 1 amide bonds. The summed E-state index contributed by atoms with van der Waals surface area (Å²) in [6.07, 6.45) is 3.49. The van der Waals surface area contributed by atoms with E-state index < -0.39 is 17.9 Å². The summed E-state index contributed by atoms with van der Waals surface area (Å²) in [5.74, 6) is -1.66. The van der Waals surface area contributed by atoms with Gasteiger partial charge in [-0.25, -0.2) is 0 Å². The predicted molar refractivity (Wildman–Crippen MR) is 100 cm³/mol. The second kappa shape index (κ2) is 8.02. The molecule has 0 aliphatic carbocycles. The zero-order valence-corrected chi connectivity index (χ0v) is 15.8. The second-order valence-electron chi connectivity index (χ2n) is 6.73. The van der Waals surface area contributed by atoms with E-state index in [0.717, 1.165) is 11.3 Å². The van der Waals surface area contributed by atoms with E-state index in [2.05, 4.69) is 15.3 Å². The van der Waals surface area contributed by atoms with Crippen LogP contribution in [0.15, 0.2) is 36.7 Å². The summed E-state index contributed by atoms with van der Waals surface area (Å²) in [6, 6.07) is 6.09. The predicted octanol–water partition coefficient (Wildman–Crippen LogP) is 2.20. The molecule has 7 nitrogen and oxygen atoms in total. The Morgan fingerprint density at radius 3 is 2.74 bits per heavy atom. The van der Waals surface area contributed by atoms with E-state index in [1.54, 1.807) is 42.5 Å². The van der Waals surface area contributed by atoms with E-state index in [9.17, 15) is 14.7 Å². The Morgan fingerprint density at radius 2 is 2.11 bits per heavy atom. The molecule has 27 heavy (non-hydrogen) atoms. The molecule has 0 radical (unpaired) electrons. The van der Waals surface area contributed by atoms with Crippen LogP contribution in [0.1, 0.15) is 29.4 Å². The van der Waals surface area contributed by atoms with Crippen LogP contribution in [0, 0.1) is 12.8 Å². The molecule has 0 unspecified atom stereocenters. The van der Waals surface area contributed by atoms with Crippen molar-refractivity contribution in [3.8, 4) is 0 Å². The second-order valence-corrected chi connectivity index (χ2v) is 7.16. The molecule has 0 spiro atoms. The summed E-state index contributed by atoms with van der Waals surface area (Å²) in [6.45, 7) is 2.08.